The van der Waals surface area contributed by atoms with Gasteiger partial charge in [-0.15, -0.1) is 0 Å². The van der Waals surface area contributed by atoms with Crippen molar-refractivity contribution in [3.63, 3.8) is 0 Å². The van der Waals surface area contributed by atoms with Crippen molar-refractivity contribution in [2.24, 2.45) is 5.92 Å². The Labute approximate surface area is 191 Å². The maximum Gasteiger partial charge on any atom is 0.303 e. The van der Waals surface area contributed by atoms with Gasteiger partial charge < -0.3 is 20.3 Å². The topological polar surface area (TPSA) is 78.8 Å². The van der Waals surface area contributed by atoms with Crippen molar-refractivity contribution in [2.75, 3.05) is 13.2 Å². The van der Waals surface area contributed by atoms with Gasteiger partial charge in [-0.2, -0.15) is 0 Å². The number of β-amino-alcohol motifs (C(OH)–C–C–N with tert-alkyl or cyclic N) is 1. The molecule has 0 heterocycles. The second-order valence-corrected chi connectivity index (χ2v) is 9.12. The maximum absolute atomic E-state index is 10.7. The molecule has 1 aliphatic carbocycles. The Morgan fingerprint density at radius 2 is 1.72 bits per heavy atom. The summed E-state index contributed by atoms with van der Waals surface area (Å²) in [6.07, 6.45) is 5.49. The molecule has 0 fully saturated rings. The average Bonchev–Trinajstić information content (AvgIpc) is 3.22. The van der Waals surface area contributed by atoms with E-state index in [2.05, 4.69) is 43.4 Å². The summed E-state index contributed by atoms with van der Waals surface area (Å²) in [5, 5.41) is 23.0. The van der Waals surface area contributed by atoms with Crippen LogP contribution in [-0.4, -0.2) is 41.0 Å². The fraction of sp³-hybridized carbons (Fsp3) is 0.519. The standard InChI is InChI=1S/C27H37NO4/c1-3-27(4-2,17-21-15-22-7-5-6-8-23(22)16-21)28-18-24(29)19-32-25-12-9-20(10-13-25)11-14-26(30)31/h5-10,12-13,21,24,28-29H,3-4,11,14-19H2,1-2H3,(H,30,31)/t24-/m1/s1. The van der Waals surface area contributed by atoms with Crippen LogP contribution in [0.2, 0.25) is 0 Å². The summed E-state index contributed by atoms with van der Waals surface area (Å²) >= 11 is 0. The maximum atomic E-state index is 10.7. The number of hydrogen-bond donors (Lipinski definition) is 3. The van der Waals surface area contributed by atoms with Crippen molar-refractivity contribution in [3.05, 3.63) is 65.2 Å². The molecule has 0 unspecified atom stereocenters. The van der Waals surface area contributed by atoms with Gasteiger partial charge in [-0.05, 0) is 73.3 Å². The lowest BCUT2D eigenvalue weighted by Gasteiger charge is -2.36. The van der Waals surface area contributed by atoms with Crippen LogP contribution in [0.4, 0.5) is 0 Å². The Kier molecular flexibility index (Phi) is 8.71. The van der Waals surface area contributed by atoms with Crippen LogP contribution in [0.1, 0.15) is 56.2 Å². The van der Waals surface area contributed by atoms with Crippen LogP contribution < -0.4 is 10.1 Å². The van der Waals surface area contributed by atoms with Gasteiger partial charge in [-0.1, -0.05) is 50.2 Å². The molecule has 5 nitrogen and oxygen atoms in total. The molecule has 0 bridgehead atoms. The summed E-state index contributed by atoms with van der Waals surface area (Å²) in [7, 11) is 0. The number of carboxylic acid groups (broad SMARTS) is 1. The molecule has 0 aromatic heterocycles. The number of aliphatic carboxylic acids is 1. The highest BCUT2D eigenvalue weighted by Crippen LogP contribution is 2.34. The predicted octanol–water partition coefficient (Wildman–Crippen LogP) is 4.40. The van der Waals surface area contributed by atoms with Gasteiger partial charge in [0.1, 0.15) is 18.5 Å². The highest BCUT2D eigenvalue weighted by atomic mass is 16.5. The molecule has 0 spiro atoms. The molecule has 2 aromatic carbocycles. The molecule has 0 radical (unpaired) electrons. The summed E-state index contributed by atoms with van der Waals surface area (Å²) in [4.78, 5) is 10.7. The lowest BCUT2D eigenvalue weighted by Crippen LogP contribution is -2.49. The van der Waals surface area contributed by atoms with Crippen LogP contribution in [0.3, 0.4) is 0 Å². The molecule has 0 amide bonds. The van der Waals surface area contributed by atoms with E-state index in [0.717, 1.165) is 37.7 Å². The molecule has 1 aliphatic rings. The number of rotatable bonds is 13. The first-order valence-corrected chi connectivity index (χ1v) is 11.9. The second-order valence-electron chi connectivity index (χ2n) is 9.12. The van der Waals surface area contributed by atoms with E-state index >= 15 is 0 Å². The first-order chi connectivity index (χ1) is 15.4. The third kappa shape index (κ3) is 6.81. The first kappa shape index (κ1) is 24.3. The molecular weight excluding hydrogens is 402 g/mol. The Hall–Kier alpha value is -2.37. The minimum atomic E-state index is -0.798. The van der Waals surface area contributed by atoms with Gasteiger partial charge in [0.25, 0.3) is 0 Å². The summed E-state index contributed by atoms with van der Waals surface area (Å²) in [5.74, 6) is 0.533. The van der Waals surface area contributed by atoms with E-state index in [0.29, 0.717) is 24.6 Å². The summed E-state index contributed by atoms with van der Waals surface area (Å²) < 4.78 is 5.75. The minimum Gasteiger partial charge on any atom is -0.491 e. The van der Waals surface area contributed by atoms with Crippen LogP contribution in [0, 0.1) is 5.92 Å². The Balaban J connectivity index is 1.45. The van der Waals surface area contributed by atoms with Crippen LogP contribution in [0.15, 0.2) is 48.5 Å². The number of fused-ring (bicyclic) bond motifs is 1. The van der Waals surface area contributed by atoms with E-state index in [9.17, 15) is 9.90 Å². The summed E-state index contributed by atoms with van der Waals surface area (Å²) in [5.41, 5.74) is 3.97. The predicted molar refractivity (Wildman–Crippen MR) is 127 cm³/mol. The van der Waals surface area contributed by atoms with E-state index in [1.165, 1.54) is 11.1 Å². The van der Waals surface area contributed by atoms with Crippen LogP contribution in [-0.2, 0) is 24.1 Å². The molecule has 32 heavy (non-hydrogen) atoms. The first-order valence-electron chi connectivity index (χ1n) is 11.9. The lowest BCUT2D eigenvalue weighted by molar-refractivity contribution is -0.136. The number of carbonyl (C=O) groups is 1. The molecule has 5 heteroatoms. The largest absolute Gasteiger partial charge is 0.491 e. The van der Waals surface area contributed by atoms with Gasteiger partial charge in [0.2, 0.25) is 0 Å². The number of carboxylic acids is 1. The number of aryl methyl sites for hydroxylation is 1. The summed E-state index contributed by atoms with van der Waals surface area (Å²) in [6, 6.07) is 16.2. The zero-order valence-electron chi connectivity index (χ0n) is 19.3. The number of aliphatic hydroxyl groups is 1. The highest BCUT2D eigenvalue weighted by molar-refractivity contribution is 5.67. The second kappa shape index (κ2) is 11.5. The fourth-order valence-corrected chi connectivity index (χ4v) is 4.80. The zero-order chi connectivity index (χ0) is 23.0. The minimum absolute atomic E-state index is 0.0273. The van der Waals surface area contributed by atoms with E-state index < -0.39 is 12.1 Å². The number of aliphatic hydroxyl groups excluding tert-OH is 1. The van der Waals surface area contributed by atoms with Crippen LogP contribution in [0.5, 0.6) is 5.75 Å². The third-order valence-electron chi connectivity index (χ3n) is 6.87. The van der Waals surface area contributed by atoms with Crippen molar-refractivity contribution in [1.82, 2.24) is 5.32 Å². The van der Waals surface area contributed by atoms with E-state index in [-0.39, 0.29) is 18.6 Å². The lowest BCUT2D eigenvalue weighted by atomic mass is 9.81. The van der Waals surface area contributed by atoms with Crippen molar-refractivity contribution in [3.8, 4) is 5.75 Å². The Bertz CT molecular complexity index is 835. The quantitative estimate of drug-likeness (QED) is 0.431. The van der Waals surface area contributed by atoms with Crippen LogP contribution >= 0.6 is 0 Å². The SMILES string of the molecule is CCC(CC)(CC1Cc2ccccc2C1)NC[C@@H](O)COc1ccc(CCC(=O)O)cc1. The van der Waals surface area contributed by atoms with Crippen LogP contribution in [0.25, 0.3) is 0 Å². The molecule has 2 aromatic rings. The molecular formula is C27H37NO4. The number of ether oxygens (including phenoxy) is 1. The monoisotopic (exact) mass is 439 g/mol. The molecule has 174 valence electrons. The zero-order valence-corrected chi connectivity index (χ0v) is 19.3. The molecule has 0 saturated carbocycles. The molecule has 1 atom stereocenters. The van der Waals surface area contributed by atoms with Crippen molar-refractivity contribution in [2.45, 2.75) is 70.4 Å². The van der Waals surface area contributed by atoms with Crippen molar-refractivity contribution in [1.29, 1.82) is 0 Å². The van der Waals surface area contributed by atoms with Gasteiger partial charge in [-0.25, -0.2) is 0 Å². The fourth-order valence-electron chi connectivity index (χ4n) is 4.80. The number of hydrogen-bond acceptors (Lipinski definition) is 4. The van der Waals surface area contributed by atoms with Gasteiger partial charge in [-0.3, -0.25) is 4.79 Å². The smallest absolute Gasteiger partial charge is 0.303 e. The Morgan fingerprint density at radius 3 is 2.28 bits per heavy atom. The van der Waals surface area contributed by atoms with Gasteiger partial charge in [0.05, 0.1) is 0 Å². The number of nitrogens with one attached hydrogen (secondary N) is 1. The highest BCUT2D eigenvalue weighted by Gasteiger charge is 2.32. The van der Waals surface area contributed by atoms with Gasteiger partial charge in [0.15, 0.2) is 0 Å². The average molecular weight is 440 g/mol. The molecule has 3 N–H and O–H groups in total. The van der Waals surface area contributed by atoms with Crippen molar-refractivity contribution >= 4 is 5.97 Å². The van der Waals surface area contributed by atoms with Gasteiger partial charge >= 0.3 is 5.97 Å². The molecule has 3 rings (SSSR count). The third-order valence-corrected chi connectivity index (χ3v) is 6.87. The number of benzene rings is 2. The molecule has 0 aliphatic heterocycles. The van der Waals surface area contributed by atoms with Crippen molar-refractivity contribution < 1.29 is 19.7 Å². The normalized spacial score (nSPS) is 14.8. The van der Waals surface area contributed by atoms with E-state index in [1.807, 2.05) is 24.3 Å². The molecule has 0 saturated heterocycles. The Morgan fingerprint density at radius 1 is 1.09 bits per heavy atom. The van der Waals surface area contributed by atoms with E-state index in [4.69, 9.17) is 9.84 Å². The van der Waals surface area contributed by atoms with Gasteiger partial charge in [0, 0.05) is 18.5 Å². The summed E-state index contributed by atoms with van der Waals surface area (Å²) in [6.45, 7) is 5.18. The van der Waals surface area contributed by atoms with E-state index in [1.54, 1.807) is 0 Å².